The average molecular weight is 632 g/mol. The third kappa shape index (κ3) is 5.68. The van der Waals surface area contributed by atoms with Crippen LogP contribution in [0.1, 0.15) is 37.5 Å². The van der Waals surface area contributed by atoms with Crippen molar-refractivity contribution in [1.82, 2.24) is 0 Å². The maximum absolute atomic E-state index is 4.30. The maximum atomic E-state index is 4.30. The first-order valence-electron chi connectivity index (χ1n) is 16.9. The molecule has 0 N–H and O–H groups in total. The molecule has 6 aromatic carbocycles. The van der Waals surface area contributed by atoms with Crippen LogP contribution >= 0.6 is 0 Å². The van der Waals surface area contributed by atoms with Crippen LogP contribution < -0.4 is 4.90 Å². The summed E-state index contributed by atoms with van der Waals surface area (Å²) in [5, 5.41) is 2.30. The Morgan fingerprint density at radius 1 is 0.612 bits per heavy atom. The minimum atomic E-state index is -0.117. The zero-order chi connectivity index (χ0) is 34.1. The Morgan fingerprint density at radius 3 is 2.06 bits per heavy atom. The molecule has 0 saturated carbocycles. The first-order chi connectivity index (χ1) is 23.8. The second kappa shape index (κ2) is 12.9. The van der Waals surface area contributed by atoms with Gasteiger partial charge in [-0.05, 0) is 104 Å². The highest BCUT2D eigenvalue weighted by molar-refractivity contribution is 6.05. The van der Waals surface area contributed by atoms with Crippen molar-refractivity contribution in [2.75, 3.05) is 4.90 Å². The van der Waals surface area contributed by atoms with Gasteiger partial charge in [-0.25, -0.2) is 0 Å². The van der Waals surface area contributed by atoms with E-state index < -0.39 is 0 Å². The Labute approximate surface area is 291 Å². The fraction of sp³-hybridized carbons (Fsp3) is 0.0833. The van der Waals surface area contributed by atoms with E-state index in [1.807, 2.05) is 25.2 Å². The summed E-state index contributed by atoms with van der Waals surface area (Å²) in [4.78, 5) is 2.42. The highest BCUT2D eigenvalue weighted by atomic mass is 15.1. The van der Waals surface area contributed by atoms with Gasteiger partial charge in [-0.3, -0.25) is 0 Å². The van der Waals surface area contributed by atoms with Crippen LogP contribution in [0.25, 0.3) is 38.6 Å². The molecule has 0 bridgehead atoms. The fourth-order valence-corrected chi connectivity index (χ4v) is 7.28. The minimum absolute atomic E-state index is 0.117. The van der Waals surface area contributed by atoms with E-state index in [-0.39, 0.29) is 5.41 Å². The maximum Gasteiger partial charge on any atom is 0.0540 e. The minimum Gasteiger partial charge on any atom is -0.310 e. The largest absolute Gasteiger partial charge is 0.310 e. The lowest BCUT2D eigenvalue weighted by atomic mass is 9.82. The van der Waals surface area contributed by atoms with Crippen LogP contribution in [-0.4, -0.2) is 0 Å². The Bertz CT molecular complexity index is 2310. The van der Waals surface area contributed by atoms with Gasteiger partial charge in [-0.1, -0.05) is 155 Å². The van der Waals surface area contributed by atoms with Crippen LogP contribution in [0.5, 0.6) is 0 Å². The summed E-state index contributed by atoms with van der Waals surface area (Å²) >= 11 is 0. The Balaban J connectivity index is 1.45. The molecule has 0 fully saturated rings. The second-order valence-corrected chi connectivity index (χ2v) is 13.2. The number of rotatable bonds is 9. The summed E-state index contributed by atoms with van der Waals surface area (Å²) in [5.41, 5.74) is 14.8. The number of benzene rings is 6. The van der Waals surface area contributed by atoms with Crippen molar-refractivity contribution in [3.63, 3.8) is 0 Å². The molecule has 0 radical (unpaired) electrons. The highest BCUT2D eigenvalue weighted by Crippen LogP contribution is 2.51. The lowest BCUT2D eigenvalue weighted by Crippen LogP contribution is -2.16. The smallest absolute Gasteiger partial charge is 0.0540 e. The third-order valence-corrected chi connectivity index (χ3v) is 9.82. The fourth-order valence-electron chi connectivity index (χ4n) is 7.28. The van der Waals surface area contributed by atoms with E-state index in [9.17, 15) is 0 Å². The monoisotopic (exact) mass is 631 g/mol. The number of nitrogens with zero attached hydrogens (tertiary/aromatic N) is 1. The summed E-state index contributed by atoms with van der Waals surface area (Å²) in [6, 6.07) is 48.4. The lowest BCUT2D eigenvalue weighted by Gasteiger charge is -2.30. The molecule has 0 aliphatic heterocycles. The summed E-state index contributed by atoms with van der Waals surface area (Å²) in [5.74, 6) is 0. The van der Waals surface area contributed by atoms with Crippen molar-refractivity contribution >= 4 is 33.4 Å². The first kappa shape index (κ1) is 31.7. The number of anilines is 3. The molecule has 0 spiro atoms. The van der Waals surface area contributed by atoms with Crippen molar-refractivity contribution < 1.29 is 0 Å². The molecule has 1 heteroatoms. The predicted octanol–water partition coefficient (Wildman–Crippen LogP) is 13.5. The van der Waals surface area contributed by atoms with Gasteiger partial charge >= 0.3 is 0 Å². The standard InChI is InChI=1S/C48H41N/c1-7-17-33(3)34(4)30-35(8-2)40-28-29-47(44-24-13-12-22-41(40)44)49(38-21-16-20-37(31-38)36-18-10-9-11-19-36)39-26-27-43-42-23-14-15-25-45(42)48(5,6)46(43)32-39/h7-32H,2-4H2,1,5-6H3/b17-7-,35-30+. The molecule has 0 unspecified atom stereocenters. The average Bonchev–Trinajstić information content (AvgIpc) is 3.37. The number of hydrogen-bond acceptors (Lipinski definition) is 1. The quantitative estimate of drug-likeness (QED) is 0.144. The molecule has 7 rings (SSSR count). The molecule has 6 aromatic rings. The van der Waals surface area contributed by atoms with Crippen LogP contribution in [-0.2, 0) is 5.41 Å². The summed E-state index contributed by atoms with van der Waals surface area (Å²) in [6.07, 6.45) is 7.97. The molecule has 1 aliphatic rings. The summed E-state index contributed by atoms with van der Waals surface area (Å²) in [6.45, 7) is 19.4. The predicted molar refractivity (Wildman–Crippen MR) is 213 cm³/mol. The molecule has 0 aromatic heterocycles. The van der Waals surface area contributed by atoms with Crippen molar-refractivity contribution in [3.8, 4) is 22.3 Å². The van der Waals surface area contributed by atoms with Crippen LogP contribution in [0.4, 0.5) is 17.1 Å². The molecular weight excluding hydrogens is 591 g/mol. The molecule has 238 valence electrons. The Morgan fingerprint density at radius 2 is 1.29 bits per heavy atom. The molecule has 0 amide bonds. The van der Waals surface area contributed by atoms with Gasteiger partial charge in [-0.15, -0.1) is 0 Å². The second-order valence-electron chi connectivity index (χ2n) is 13.2. The van der Waals surface area contributed by atoms with Gasteiger partial charge in [-0.2, -0.15) is 0 Å². The molecule has 0 heterocycles. The number of fused-ring (bicyclic) bond motifs is 4. The van der Waals surface area contributed by atoms with Gasteiger partial charge in [0.15, 0.2) is 0 Å². The van der Waals surface area contributed by atoms with E-state index in [0.29, 0.717) is 0 Å². The van der Waals surface area contributed by atoms with Gasteiger partial charge < -0.3 is 4.90 Å². The molecule has 1 nitrogen and oxygen atoms in total. The van der Waals surface area contributed by atoms with Crippen molar-refractivity contribution in [2.45, 2.75) is 26.2 Å². The van der Waals surface area contributed by atoms with Crippen molar-refractivity contribution in [1.29, 1.82) is 0 Å². The number of allylic oxidation sites excluding steroid dienone is 7. The Kier molecular flexibility index (Phi) is 8.36. The van der Waals surface area contributed by atoms with Gasteiger partial charge in [0.2, 0.25) is 0 Å². The van der Waals surface area contributed by atoms with Crippen LogP contribution in [0, 0.1) is 0 Å². The van der Waals surface area contributed by atoms with E-state index in [2.05, 4.69) is 178 Å². The van der Waals surface area contributed by atoms with Gasteiger partial charge in [0.25, 0.3) is 0 Å². The van der Waals surface area contributed by atoms with Crippen molar-refractivity contribution in [3.05, 3.63) is 205 Å². The zero-order valence-corrected chi connectivity index (χ0v) is 28.6. The van der Waals surface area contributed by atoms with Gasteiger partial charge in [0, 0.05) is 22.2 Å². The highest BCUT2D eigenvalue weighted by Gasteiger charge is 2.35. The van der Waals surface area contributed by atoms with Crippen LogP contribution in [0.2, 0.25) is 0 Å². The molecule has 0 atom stereocenters. The Hall–Kier alpha value is -5.92. The topological polar surface area (TPSA) is 3.24 Å². The van der Waals surface area contributed by atoms with E-state index in [0.717, 1.165) is 50.1 Å². The van der Waals surface area contributed by atoms with Crippen LogP contribution in [0.3, 0.4) is 0 Å². The molecule has 49 heavy (non-hydrogen) atoms. The first-order valence-corrected chi connectivity index (χ1v) is 16.9. The number of hydrogen-bond donors (Lipinski definition) is 0. The van der Waals surface area contributed by atoms with E-state index >= 15 is 0 Å². The molecular formula is C48H41N. The van der Waals surface area contributed by atoms with E-state index in [1.54, 1.807) is 0 Å². The normalized spacial score (nSPS) is 13.2. The van der Waals surface area contributed by atoms with E-state index in [1.165, 1.54) is 33.4 Å². The summed E-state index contributed by atoms with van der Waals surface area (Å²) < 4.78 is 0. The molecule has 1 aliphatic carbocycles. The van der Waals surface area contributed by atoms with Gasteiger partial charge in [0.1, 0.15) is 0 Å². The van der Waals surface area contributed by atoms with E-state index in [4.69, 9.17) is 0 Å². The summed E-state index contributed by atoms with van der Waals surface area (Å²) in [7, 11) is 0. The third-order valence-electron chi connectivity index (χ3n) is 9.82. The lowest BCUT2D eigenvalue weighted by molar-refractivity contribution is 0.660. The molecule has 0 saturated heterocycles. The zero-order valence-electron chi connectivity index (χ0n) is 28.6. The van der Waals surface area contributed by atoms with Gasteiger partial charge in [0.05, 0.1) is 5.69 Å². The van der Waals surface area contributed by atoms with Crippen molar-refractivity contribution in [2.24, 2.45) is 0 Å². The van der Waals surface area contributed by atoms with Crippen LogP contribution in [0.15, 0.2) is 189 Å². The SMILES string of the molecule is C=C/C(=C\C(=C)C(=C)/C=C\C)c1ccc(N(c2cccc(-c3ccccc3)c2)c2ccc3c(c2)C(C)(C)c2ccccc2-3)c2ccccc12.